The molecular weight excluding hydrogens is 348 g/mol. The molecule has 1 aromatic carbocycles. The number of benzene rings is 1. The molecule has 0 atom stereocenters. The van der Waals surface area contributed by atoms with Gasteiger partial charge < -0.3 is 14.5 Å². The van der Waals surface area contributed by atoms with Crippen LogP contribution in [0.25, 0.3) is 0 Å². The van der Waals surface area contributed by atoms with Gasteiger partial charge in [0.1, 0.15) is 18.6 Å². The van der Waals surface area contributed by atoms with Crippen molar-refractivity contribution >= 4 is 17.5 Å². The number of carbonyl (C=O) groups is 2. The van der Waals surface area contributed by atoms with Crippen LogP contribution >= 0.6 is 0 Å². The Morgan fingerprint density at radius 3 is 2.89 bits per heavy atom. The Morgan fingerprint density at radius 1 is 1.19 bits per heavy atom. The second-order valence-corrected chi connectivity index (χ2v) is 5.87. The molecule has 3 heterocycles. The summed E-state index contributed by atoms with van der Waals surface area (Å²) in [6.45, 7) is 0.360. The molecule has 2 aromatic heterocycles. The van der Waals surface area contributed by atoms with E-state index in [2.05, 4.69) is 15.3 Å². The van der Waals surface area contributed by atoms with Crippen LogP contribution in [-0.4, -0.2) is 28.4 Å². The number of ether oxygens (including phenoxy) is 1. The van der Waals surface area contributed by atoms with Gasteiger partial charge in [-0.25, -0.2) is 4.98 Å². The molecule has 4 rings (SSSR count). The maximum Gasteiger partial charge on any atom is 0.273 e. The second-order valence-electron chi connectivity index (χ2n) is 5.87. The van der Waals surface area contributed by atoms with Gasteiger partial charge in [-0.05, 0) is 24.3 Å². The van der Waals surface area contributed by atoms with E-state index in [0.29, 0.717) is 11.4 Å². The summed E-state index contributed by atoms with van der Waals surface area (Å²) in [6.07, 6.45) is 2.94. The number of amides is 2. The standard InChI is InChI=1S/C19H16N4O4/c24-18-12-26-16-7-2-1-6-15(16)23(18)10-17-22-14(11-27-17)19(25)21-9-13-5-3-4-8-20-13/h1-8,11H,9-10,12H2,(H,21,25). The number of fused-ring (bicyclic) bond motifs is 1. The third-order valence-corrected chi connectivity index (χ3v) is 4.04. The predicted molar refractivity (Wildman–Crippen MR) is 95.0 cm³/mol. The Hall–Kier alpha value is -3.68. The summed E-state index contributed by atoms with van der Waals surface area (Å²) in [7, 11) is 0. The zero-order valence-corrected chi connectivity index (χ0v) is 14.3. The number of nitrogens with one attached hydrogen (secondary N) is 1. The summed E-state index contributed by atoms with van der Waals surface area (Å²) in [5, 5.41) is 2.73. The Kier molecular flexibility index (Phi) is 4.52. The molecule has 8 nitrogen and oxygen atoms in total. The van der Waals surface area contributed by atoms with Gasteiger partial charge in [-0.2, -0.15) is 0 Å². The fourth-order valence-electron chi connectivity index (χ4n) is 2.71. The molecular formula is C19H16N4O4. The van der Waals surface area contributed by atoms with Crippen LogP contribution in [0.15, 0.2) is 59.3 Å². The predicted octanol–water partition coefficient (Wildman–Crippen LogP) is 1.93. The van der Waals surface area contributed by atoms with Crippen molar-refractivity contribution in [2.75, 3.05) is 11.5 Å². The number of hydrogen-bond acceptors (Lipinski definition) is 6. The van der Waals surface area contributed by atoms with Crippen molar-refractivity contribution in [2.45, 2.75) is 13.1 Å². The third-order valence-electron chi connectivity index (χ3n) is 4.04. The van der Waals surface area contributed by atoms with Crippen LogP contribution in [0, 0.1) is 0 Å². The summed E-state index contributed by atoms with van der Waals surface area (Å²) in [6, 6.07) is 12.7. The van der Waals surface area contributed by atoms with Crippen LogP contribution in [0.1, 0.15) is 22.1 Å². The number of nitrogens with zero attached hydrogens (tertiary/aromatic N) is 3. The first kappa shape index (κ1) is 16.8. The number of pyridine rings is 1. The van der Waals surface area contributed by atoms with Crippen molar-refractivity contribution in [1.29, 1.82) is 0 Å². The van der Waals surface area contributed by atoms with Gasteiger partial charge in [0.05, 0.1) is 17.9 Å². The van der Waals surface area contributed by atoms with E-state index in [1.165, 1.54) is 11.2 Å². The lowest BCUT2D eigenvalue weighted by Crippen LogP contribution is -2.38. The molecule has 0 spiro atoms. The maximum absolute atomic E-state index is 12.2. The van der Waals surface area contributed by atoms with Crippen LogP contribution in [0.4, 0.5) is 5.69 Å². The Bertz CT molecular complexity index is 971. The van der Waals surface area contributed by atoms with E-state index in [9.17, 15) is 9.59 Å². The molecule has 1 N–H and O–H groups in total. The highest BCUT2D eigenvalue weighted by atomic mass is 16.5. The van der Waals surface area contributed by atoms with Gasteiger partial charge in [0, 0.05) is 6.20 Å². The van der Waals surface area contributed by atoms with Crippen LogP contribution in [0.2, 0.25) is 0 Å². The molecule has 0 radical (unpaired) electrons. The molecule has 0 saturated heterocycles. The van der Waals surface area contributed by atoms with Crippen molar-refractivity contribution < 1.29 is 18.7 Å². The lowest BCUT2D eigenvalue weighted by Gasteiger charge is -2.28. The highest BCUT2D eigenvalue weighted by Gasteiger charge is 2.27. The molecule has 0 fully saturated rings. The lowest BCUT2D eigenvalue weighted by atomic mass is 10.2. The van der Waals surface area contributed by atoms with Crippen molar-refractivity contribution in [3.63, 3.8) is 0 Å². The summed E-state index contributed by atoms with van der Waals surface area (Å²) in [5.41, 5.74) is 1.54. The van der Waals surface area contributed by atoms with E-state index in [-0.39, 0.29) is 43.1 Å². The zero-order valence-electron chi connectivity index (χ0n) is 14.3. The summed E-state index contributed by atoms with van der Waals surface area (Å²) >= 11 is 0. The number of oxazole rings is 1. The van der Waals surface area contributed by atoms with Gasteiger partial charge in [0.2, 0.25) is 5.89 Å². The molecule has 0 aliphatic carbocycles. The molecule has 0 saturated carbocycles. The number of rotatable bonds is 5. The van der Waals surface area contributed by atoms with Crippen LogP contribution in [0.3, 0.4) is 0 Å². The molecule has 27 heavy (non-hydrogen) atoms. The normalized spacial score (nSPS) is 13.0. The molecule has 1 aliphatic rings. The molecule has 1 aliphatic heterocycles. The van der Waals surface area contributed by atoms with Gasteiger partial charge in [-0.1, -0.05) is 18.2 Å². The van der Waals surface area contributed by atoms with Crippen molar-refractivity contribution in [3.05, 3.63) is 72.2 Å². The summed E-state index contributed by atoms with van der Waals surface area (Å²) in [5.74, 6) is 0.317. The molecule has 0 bridgehead atoms. The maximum atomic E-state index is 12.2. The number of para-hydroxylation sites is 2. The van der Waals surface area contributed by atoms with E-state index < -0.39 is 0 Å². The topological polar surface area (TPSA) is 97.6 Å². The molecule has 0 unspecified atom stereocenters. The van der Waals surface area contributed by atoms with E-state index in [1.54, 1.807) is 24.4 Å². The molecule has 2 amide bonds. The minimum Gasteiger partial charge on any atom is -0.482 e. The third kappa shape index (κ3) is 3.64. The van der Waals surface area contributed by atoms with Crippen LogP contribution < -0.4 is 15.0 Å². The Balaban J connectivity index is 1.44. The van der Waals surface area contributed by atoms with Gasteiger partial charge in [-0.3, -0.25) is 19.5 Å². The average molecular weight is 364 g/mol. The minimum absolute atomic E-state index is 0.0465. The molecule has 3 aromatic rings. The van der Waals surface area contributed by atoms with Crippen molar-refractivity contribution in [2.24, 2.45) is 0 Å². The largest absolute Gasteiger partial charge is 0.482 e. The van der Waals surface area contributed by atoms with E-state index >= 15 is 0 Å². The first-order valence-electron chi connectivity index (χ1n) is 8.35. The van der Waals surface area contributed by atoms with Crippen molar-refractivity contribution in [3.8, 4) is 5.75 Å². The highest BCUT2D eigenvalue weighted by molar-refractivity contribution is 5.97. The van der Waals surface area contributed by atoms with Gasteiger partial charge in [-0.15, -0.1) is 0 Å². The van der Waals surface area contributed by atoms with Crippen molar-refractivity contribution in [1.82, 2.24) is 15.3 Å². The minimum atomic E-state index is -0.371. The fourth-order valence-corrected chi connectivity index (χ4v) is 2.71. The van der Waals surface area contributed by atoms with Crippen LogP contribution in [0.5, 0.6) is 5.75 Å². The Morgan fingerprint density at radius 2 is 2.04 bits per heavy atom. The molecule has 136 valence electrons. The quantitative estimate of drug-likeness (QED) is 0.743. The Labute approximate surface area is 154 Å². The smallest absolute Gasteiger partial charge is 0.273 e. The highest BCUT2D eigenvalue weighted by Crippen LogP contribution is 2.32. The zero-order chi connectivity index (χ0) is 18.6. The van der Waals surface area contributed by atoms with Crippen LogP contribution in [-0.2, 0) is 17.9 Å². The van der Waals surface area contributed by atoms with E-state index in [0.717, 1.165) is 5.69 Å². The van der Waals surface area contributed by atoms with E-state index in [4.69, 9.17) is 9.15 Å². The average Bonchev–Trinajstić information content (AvgIpc) is 3.18. The van der Waals surface area contributed by atoms with Gasteiger partial charge in [0.25, 0.3) is 11.8 Å². The first-order valence-corrected chi connectivity index (χ1v) is 8.35. The fraction of sp³-hybridized carbons (Fsp3) is 0.158. The lowest BCUT2D eigenvalue weighted by molar-refractivity contribution is -0.121. The number of hydrogen-bond donors (Lipinski definition) is 1. The summed E-state index contributed by atoms with van der Waals surface area (Å²) in [4.78, 5) is 34.3. The number of carbonyl (C=O) groups excluding carboxylic acids is 2. The SMILES string of the molecule is O=C(NCc1ccccn1)c1coc(CN2C(=O)COc3ccccc32)n1. The number of anilines is 1. The monoisotopic (exact) mass is 364 g/mol. The second kappa shape index (κ2) is 7.28. The summed E-state index contributed by atoms with van der Waals surface area (Å²) < 4.78 is 10.8. The first-order chi connectivity index (χ1) is 13.2. The van der Waals surface area contributed by atoms with E-state index in [1.807, 2.05) is 24.3 Å². The van der Waals surface area contributed by atoms with Gasteiger partial charge >= 0.3 is 0 Å². The molecule has 8 heteroatoms. The van der Waals surface area contributed by atoms with Gasteiger partial charge in [0.15, 0.2) is 12.3 Å². The number of aromatic nitrogens is 2.